The quantitative estimate of drug-likeness (QED) is 0.836. The number of carbonyl (C=O) groups is 1. The first-order valence-electron chi connectivity index (χ1n) is 5.33. The molecular formula is C12H14FNO2. The van der Waals surface area contributed by atoms with Gasteiger partial charge in [-0.05, 0) is 24.5 Å². The number of fused-ring (bicyclic) bond motifs is 1. The minimum absolute atomic E-state index is 0.202. The van der Waals surface area contributed by atoms with Gasteiger partial charge in [-0.1, -0.05) is 13.8 Å². The van der Waals surface area contributed by atoms with Crippen LogP contribution in [-0.4, -0.2) is 12.0 Å². The van der Waals surface area contributed by atoms with Gasteiger partial charge >= 0.3 is 0 Å². The standard InChI is InChI=1S/C12H14FNO2/c1-7(2)5-11-12(15)14-9-6-8(13)3-4-10(9)16-11/h3-4,6-7,11H,5H2,1-2H3,(H,14,15). The van der Waals surface area contributed by atoms with Gasteiger partial charge in [0, 0.05) is 6.07 Å². The van der Waals surface area contributed by atoms with Crippen molar-refractivity contribution in [2.45, 2.75) is 26.4 Å². The molecule has 1 N–H and O–H groups in total. The SMILES string of the molecule is CC(C)CC1Oc2ccc(F)cc2NC1=O. The zero-order valence-corrected chi connectivity index (χ0v) is 9.29. The zero-order valence-electron chi connectivity index (χ0n) is 9.29. The average molecular weight is 223 g/mol. The molecule has 1 amide bonds. The highest BCUT2D eigenvalue weighted by Gasteiger charge is 2.28. The van der Waals surface area contributed by atoms with Crippen molar-refractivity contribution in [3.05, 3.63) is 24.0 Å². The second-order valence-electron chi connectivity index (χ2n) is 4.37. The van der Waals surface area contributed by atoms with Gasteiger partial charge in [0.05, 0.1) is 5.69 Å². The summed E-state index contributed by atoms with van der Waals surface area (Å²) in [5.41, 5.74) is 0.407. The monoisotopic (exact) mass is 223 g/mol. The van der Waals surface area contributed by atoms with E-state index < -0.39 is 6.10 Å². The number of hydrogen-bond donors (Lipinski definition) is 1. The van der Waals surface area contributed by atoms with E-state index in [0.29, 0.717) is 23.8 Å². The molecule has 86 valence electrons. The number of nitrogens with one attached hydrogen (secondary N) is 1. The summed E-state index contributed by atoms with van der Waals surface area (Å²) in [6.45, 7) is 4.05. The molecule has 0 saturated heterocycles. The molecule has 0 saturated carbocycles. The van der Waals surface area contributed by atoms with Crippen LogP contribution in [0.1, 0.15) is 20.3 Å². The molecule has 16 heavy (non-hydrogen) atoms. The molecular weight excluding hydrogens is 209 g/mol. The number of benzene rings is 1. The lowest BCUT2D eigenvalue weighted by molar-refractivity contribution is -0.124. The van der Waals surface area contributed by atoms with Crippen LogP contribution in [0, 0.1) is 11.7 Å². The third-order valence-electron chi connectivity index (χ3n) is 2.45. The summed E-state index contributed by atoms with van der Waals surface area (Å²) >= 11 is 0. The van der Waals surface area contributed by atoms with Crippen molar-refractivity contribution in [1.29, 1.82) is 0 Å². The first-order valence-corrected chi connectivity index (χ1v) is 5.33. The van der Waals surface area contributed by atoms with Crippen LogP contribution in [0.5, 0.6) is 5.75 Å². The van der Waals surface area contributed by atoms with Crippen molar-refractivity contribution in [3.8, 4) is 5.75 Å². The predicted octanol–water partition coefficient (Wildman–Crippen LogP) is 2.57. The van der Waals surface area contributed by atoms with E-state index in [1.54, 1.807) is 0 Å². The van der Waals surface area contributed by atoms with Gasteiger partial charge in [0.15, 0.2) is 6.10 Å². The molecule has 0 spiro atoms. The number of hydrogen-bond acceptors (Lipinski definition) is 2. The number of carbonyl (C=O) groups excluding carboxylic acids is 1. The third-order valence-corrected chi connectivity index (χ3v) is 2.45. The van der Waals surface area contributed by atoms with Crippen LogP contribution >= 0.6 is 0 Å². The molecule has 0 bridgehead atoms. The number of halogens is 1. The molecule has 1 aliphatic rings. The lowest BCUT2D eigenvalue weighted by atomic mass is 10.0. The van der Waals surface area contributed by atoms with E-state index in [4.69, 9.17) is 4.74 Å². The van der Waals surface area contributed by atoms with Crippen molar-refractivity contribution in [2.75, 3.05) is 5.32 Å². The van der Waals surface area contributed by atoms with Crippen LogP contribution in [-0.2, 0) is 4.79 Å². The molecule has 4 heteroatoms. The topological polar surface area (TPSA) is 38.3 Å². The molecule has 0 aliphatic carbocycles. The molecule has 0 aromatic heterocycles. The van der Waals surface area contributed by atoms with Crippen molar-refractivity contribution in [3.63, 3.8) is 0 Å². The summed E-state index contributed by atoms with van der Waals surface area (Å²) in [6.07, 6.45) is 0.181. The number of amides is 1. The fourth-order valence-corrected chi connectivity index (χ4v) is 1.71. The van der Waals surface area contributed by atoms with Gasteiger partial charge in [0.1, 0.15) is 11.6 Å². The molecule has 1 unspecified atom stereocenters. The van der Waals surface area contributed by atoms with E-state index in [1.807, 2.05) is 13.8 Å². The van der Waals surface area contributed by atoms with Crippen LogP contribution in [0.2, 0.25) is 0 Å². The fraction of sp³-hybridized carbons (Fsp3) is 0.417. The third kappa shape index (κ3) is 2.15. The Morgan fingerprint density at radius 1 is 1.50 bits per heavy atom. The van der Waals surface area contributed by atoms with Gasteiger partial charge in [-0.2, -0.15) is 0 Å². The number of ether oxygens (including phenoxy) is 1. The van der Waals surface area contributed by atoms with Gasteiger partial charge in [-0.3, -0.25) is 4.79 Å². The molecule has 1 aromatic rings. The van der Waals surface area contributed by atoms with Crippen LogP contribution in [0.15, 0.2) is 18.2 Å². The van der Waals surface area contributed by atoms with E-state index in [9.17, 15) is 9.18 Å². The lowest BCUT2D eigenvalue weighted by Gasteiger charge is -2.26. The van der Waals surface area contributed by atoms with Gasteiger partial charge in [0.25, 0.3) is 5.91 Å². The molecule has 2 rings (SSSR count). The molecule has 1 atom stereocenters. The molecule has 3 nitrogen and oxygen atoms in total. The Morgan fingerprint density at radius 2 is 2.25 bits per heavy atom. The van der Waals surface area contributed by atoms with Crippen LogP contribution < -0.4 is 10.1 Å². The van der Waals surface area contributed by atoms with E-state index in [0.717, 1.165) is 0 Å². The van der Waals surface area contributed by atoms with Crippen molar-refractivity contribution >= 4 is 11.6 Å². The fourth-order valence-electron chi connectivity index (χ4n) is 1.71. The van der Waals surface area contributed by atoms with Crippen LogP contribution in [0.25, 0.3) is 0 Å². The summed E-state index contributed by atoms with van der Waals surface area (Å²) in [6, 6.07) is 4.12. The Bertz CT molecular complexity index is 417. The second-order valence-corrected chi connectivity index (χ2v) is 4.37. The summed E-state index contributed by atoms with van der Waals surface area (Å²) < 4.78 is 18.5. The van der Waals surface area contributed by atoms with Crippen molar-refractivity contribution < 1.29 is 13.9 Å². The highest BCUT2D eigenvalue weighted by molar-refractivity contribution is 5.97. The Hall–Kier alpha value is -1.58. The van der Waals surface area contributed by atoms with Crippen molar-refractivity contribution in [1.82, 2.24) is 0 Å². The second kappa shape index (κ2) is 4.12. The maximum absolute atomic E-state index is 12.9. The first-order chi connectivity index (χ1) is 7.56. The largest absolute Gasteiger partial charge is 0.478 e. The van der Waals surface area contributed by atoms with E-state index in [1.165, 1.54) is 18.2 Å². The van der Waals surface area contributed by atoms with Gasteiger partial charge in [-0.25, -0.2) is 4.39 Å². The Kier molecular flexibility index (Phi) is 2.81. The molecule has 1 aliphatic heterocycles. The van der Waals surface area contributed by atoms with Gasteiger partial charge in [-0.15, -0.1) is 0 Å². The first kappa shape index (κ1) is 10.9. The van der Waals surface area contributed by atoms with E-state index in [2.05, 4.69) is 5.32 Å². The normalized spacial score (nSPS) is 19.0. The Balaban J connectivity index is 2.22. The molecule has 0 radical (unpaired) electrons. The van der Waals surface area contributed by atoms with E-state index in [-0.39, 0.29) is 11.7 Å². The van der Waals surface area contributed by atoms with Crippen molar-refractivity contribution in [2.24, 2.45) is 5.92 Å². The molecule has 1 heterocycles. The number of anilines is 1. The molecule has 1 aromatic carbocycles. The smallest absolute Gasteiger partial charge is 0.265 e. The Morgan fingerprint density at radius 3 is 2.94 bits per heavy atom. The highest BCUT2D eigenvalue weighted by Crippen LogP contribution is 2.31. The summed E-state index contributed by atoms with van der Waals surface area (Å²) in [7, 11) is 0. The minimum Gasteiger partial charge on any atom is -0.478 e. The summed E-state index contributed by atoms with van der Waals surface area (Å²) in [5.74, 6) is 0.321. The minimum atomic E-state index is -0.474. The number of rotatable bonds is 2. The van der Waals surface area contributed by atoms with Gasteiger partial charge < -0.3 is 10.1 Å². The van der Waals surface area contributed by atoms with Crippen LogP contribution in [0.4, 0.5) is 10.1 Å². The Labute approximate surface area is 93.6 Å². The van der Waals surface area contributed by atoms with Gasteiger partial charge in [0.2, 0.25) is 0 Å². The van der Waals surface area contributed by atoms with Crippen LogP contribution in [0.3, 0.4) is 0 Å². The molecule has 0 fully saturated rings. The highest BCUT2D eigenvalue weighted by atomic mass is 19.1. The zero-order chi connectivity index (χ0) is 11.7. The summed E-state index contributed by atoms with van der Waals surface area (Å²) in [5, 5.41) is 2.65. The lowest BCUT2D eigenvalue weighted by Crippen LogP contribution is -2.37. The average Bonchev–Trinajstić information content (AvgIpc) is 2.19. The maximum Gasteiger partial charge on any atom is 0.265 e. The summed E-state index contributed by atoms with van der Waals surface area (Å²) in [4.78, 5) is 11.6. The van der Waals surface area contributed by atoms with E-state index >= 15 is 0 Å². The maximum atomic E-state index is 12.9. The predicted molar refractivity (Wildman–Crippen MR) is 58.9 cm³/mol.